The molecule has 2 aromatic carbocycles. The van der Waals surface area contributed by atoms with Crippen molar-refractivity contribution in [2.24, 2.45) is 11.8 Å². The average Bonchev–Trinajstić information content (AvgIpc) is 3.22. The summed E-state index contributed by atoms with van der Waals surface area (Å²) in [6.07, 6.45) is 6.51. The lowest BCUT2D eigenvalue weighted by Gasteiger charge is -2.53. The summed E-state index contributed by atoms with van der Waals surface area (Å²) in [5, 5.41) is 2.05. The Bertz CT molecular complexity index is 1650. The summed E-state index contributed by atoms with van der Waals surface area (Å²) in [7, 11) is 1.47. The number of aromatic nitrogens is 1. The molecule has 4 atom stereocenters. The smallest absolute Gasteiger partial charge is 0.278 e. The van der Waals surface area contributed by atoms with Crippen molar-refractivity contribution < 1.29 is 27.8 Å². The number of pyridine rings is 1. The maximum atomic E-state index is 15.5. The third kappa shape index (κ3) is 5.76. The van der Waals surface area contributed by atoms with Crippen molar-refractivity contribution in [1.29, 1.82) is 0 Å². The van der Waals surface area contributed by atoms with Crippen molar-refractivity contribution in [3.8, 4) is 5.75 Å². The topological polar surface area (TPSA) is 81.1 Å². The van der Waals surface area contributed by atoms with Gasteiger partial charge in [0.2, 0.25) is 5.43 Å². The van der Waals surface area contributed by atoms with Gasteiger partial charge in [-0.3, -0.25) is 19.3 Å². The van der Waals surface area contributed by atoms with Gasteiger partial charge in [0, 0.05) is 42.1 Å². The molecule has 3 aromatic rings. The quantitative estimate of drug-likeness (QED) is 0.265. The molecule has 0 spiro atoms. The Balaban J connectivity index is 1.57. The number of hydrogen-bond donors (Lipinski definition) is 0. The number of thioether (sulfide) groups is 1. The van der Waals surface area contributed by atoms with Crippen LogP contribution in [-0.4, -0.2) is 54.8 Å². The number of benzene rings is 2. The number of carbonyl (C=O) groups is 2. The van der Waals surface area contributed by atoms with Crippen molar-refractivity contribution in [3.05, 3.63) is 92.9 Å². The van der Waals surface area contributed by atoms with Crippen LogP contribution in [0.25, 0.3) is 0 Å². The Morgan fingerprint density at radius 1 is 1.09 bits per heavy atom. The molecule has 4 heterocycles. The highest BCUT2D eigenvalue weighted by molar-refractivity contribution is 7.98. The largest absolute Gasteiger partial charge is 0.486 e. The molecule has 0 radical (unpaired) electrons. The molecule has 0 saturated carbocycles. The molecule has 0 bridgehead atoms. The average molecular weight is 638 g/mol. The minimum Gasteiger partial charge on any atom is -0.486 e. The second-order valence-electron chi connectivity index (χ2n) is 11.9. The number of piperidine rings is 1. The molecule has 0 N–H and O–H groups in total. The number of carbonyl (C=O) groups excluding carboxylic acids is 2. The van der Waals surface area contributed by atoms with Crippen LogP contribution in [0.1, 0.15) is 72.2 Å². The molecule has 1 fully saturated rings. The molecule has 1 amide bonds. The van der Waals surface area contributed by atoms with Crippen LogP contribution in [0.5, 0.6) is 5.75 Å². The van der Waals surface area contributed by atoms with E-state index in [-0.39, 0.29) is 41.9 Å². The lowest BCUT2D eigenvalue weighted by molar-refractivity contribution is -0.113. The van der Waals surface area contributed by atoms with Crippen LogP contribution in [0.3, 0.4) is 0 Å². The third-order valence-corrected chi connectivity index (χ3v) is 10.2. The Hall–Kier alpha value is -3.70. The zero-order valence-electron chi connectivity index (χ0n) is 25.4. The van der Waals surface area contributed by atoms with E-state index in [1.807, 2.05) is 29.3 Å². The number of rotatable bonds is 10. The van der Waals surface area contributed by atoms with Gasteiger partial charge in [-0.25, -0.2) is 8.78 Å². The Morgan fingerprint density at radius 3 is 2.69 bits per heavy atom. The van der Waals surface area contributed by atoms with Gasteiger partial charge in [0.1, 0.15) is 19.1 Å². The van der Waals surface area contributed by atoms with Gasteiger partial charge in [-0.1, -0.05) is 50.5 Å². The highest BCUT2D eigenvalue weighted by atomic mass is 32.2. The van der Waals surface area contributed by atoms with Crippen LogP contribution >= 0.6 is 11.8 Å². The van der Waals surface area contributed by atoms with Gasteiger partial charge in [-0.15, -0.1) is 11.8 Å². The molecule has 3 aliphatic heterocycles. The van der Waals surface area contributed by atoms with Gasteiger partial charge in [-0.2, -0.15) is 0 Å². The monoisotopic (exact) mass is 637 g/mol. The number of amides is 1. The number of nitrogens with zero attached hydrogens (tertiary/aromatic N) is 3. The standard InChI is InChI=1S/C34H37F2N3O5S/c1-3-4-7-21-12-14-37-29(16-21)39(38-15-13-27(41)33(32(38)34(37)42)44-19-22(17-40)18-43-2)31-23-10-11-26(35)30(36)25(23)20-45-28-9-6-5-8-24(28)31/h5-6,8-11,13,15,17,21-22,29,31H,3-4,7,12,14,16,18-20H2,1-2H3/t21?,22?,29-,31?/m1/s1. The maximum Gasteiger partial charge on any atom is 0.278 e. The summed E-state index contributed by atoms with van der Waals surface area (Å²) >= 11 is 1.45. The fourth-order valence-corrected chi connectivity index (χ4v) is 7.97. The van der Waals surface area contributed by atoms with E-state index in [0.717, 1.165) is 42.2 Å². The van der Waals surface area contributed by atoms with E-state index in [2.05, 4.69) is 6.92 Å². The van der Waals surface area contributed by atoms with E-state index < -0.39 is 35.2 Å². The summed E-state index contributed by atoms with van der Waals surface area (Å²) in [5.41, 5.74) is 1.33. The highest BCUT2D eigenvalue weighted by Gasteiger charge is 2.47. The number of hydrogen-bond acceptors (Lipinski definition) is 7. The molecule has 8 nitrogen and oxygen atoms in total. The number of methoxy groups -OCH3 is 1. The summed E-state index contributed by atoms with van der Waals surface area (Å²) in [4.78, 5) is 42.0. The number of aldehydes is 1. The van der Waals surface area contributed by atoms with Gasteiger partial charge in [-0.05, 0) is 42.0 Å². The van der Waals surface area contributed by atoms with Crippen LogP contribution < -0.4 is 15.2 Å². The van der Waals surface area contributed by atoms with Gasteiger partial charge in [0.05, 0.1) is 18.6 Å². The second-order valence-corrected chi connectivity index (χ2v) is 12.9. The van der Waals surface area contributed by atoms with Crippen LogP contribution in [0.15, 0.2) is 58.4 Å². The van der Waals surface area contributed by atoms with Crippen molar-refractivity contribution >= 4 is 24.0 Å². The van der Waals surface area contributed by atoms with Crippen LogP contribution in [0.4, 0.5) is 8.78 Å². The van der Waals surface area contributed by atoms with Crippen LogP contribution in [-0.2, 0) is 15.3 Å². The normalized spacial score (nSPS) is 21.2. The number of fused-ring (bicyclic) bond motifs is 4. The summed E-state index contributed by atoms with van der Waals surface area (Å²) < 4.78 is 42.9. The first-order valence-corrected chi connectivity index (χ1v) is 16.5. The van der Waals surface area contributed by atoms with Crippen molar-refractivity contribution in [3.63, 3.8) is 0 Å². The molecule has 3 unspecified atom stereocenters. The minimum atomic E-state index is -0.910. The van der Waals surface area contributed by atoms with E-state index in [4.69, 9.17) is 9.47 Å². The molecule has 45 heavy (non-hydrogen) atoms. The van der Waals surface area contributed by atoms with E-state index >= 15 is 4.39 Å². The van der Waals surface area contributed by atoms with Crippen molar-refractivity contribution in [2.75, 3.05) is 31.9 Å². The number of ether oxygens (including phenoxy) is 2. The maximum absolute atomic E-state index is 15.5. The predicted octanol–water partition coefficient (Wildman–Crippen LogP) is 5.68. The van der Waals surface area contributed by atoms with E-state index in [1.54, 1.807) is 21.8 Å². The summed E-state index contributed by atoms with van der Waals surface area (Å²) in [5.74, 6) is -2.31. The second kappa shape index (κ2) is 13.3. The van der Waals surface area contributed by atoms with Crippen molar-refractivity contribution in [2.45, 2.75) is 61.9 Å². The van der Waals surface area contributed by atoms with Gasteiger partial charge in [0.25, 0.3) is 5.91 Å². The molecule has 6 rings (SSSR count). The minimum absolute atomic E-state index is 0.0475. The van der Waals surface area contributed by atoms with Crippen LogP contribution in [0, 0.1) is 23.5 Å². The number of halogens is 2. The molecular formula is C34H37F2N3O5S. The highest BCUT2D eigenvalue weighted by Crippen LogP contribution is 2.46. The third-order valence-electron chi connectivity index (χ3n) is 9.09. The first kappa shape index (κ1) is 31.3. The zero-order chi connectivity index (χ0) is 31.7. The summed E-state index contributed by atoms with van der Waals surface area (Å²) in [6.45, 7) is 2.59. The van der Waals surface area contributed by atoms with Gasteiger partial charge >= 0.3 is 0 Å². The Labute approximate surface area is 265 Å². The van der Waals surface area contributed by atoms with Crippen molar-refractivity contribution in [1.82, 2.24) is 9.58 Å². The molecule has 3 aliphatic rings. The van der Waals surface area contributed by atoms with Gasteiger partial charge < -0.3 is 19.2 Å². The van der Waals surface area contributed by atoms with E-state index in [0.29, 0.717) is 30.7 Å². The first-order valence-electron chi connectivity index (χ1n) is 15.5. The SMILES string of the molecule is CCCCC1CCN2C(=O)c3c(OCC(C=O)COC)c(=O)ccn3N(C3c4ccccc4SCc4c3ccc(F)c4F)[C@@H]2C1. The molecular weight excluding hydrogens is 600 g/mol. The first-order chi connectivity index (χ1) is 21.9. The summed E-state index contributed by atoms with van der Waals surface area (Å²) in [6, 6.07) is 11.3. The fraction of sp³-hybridized carbons (Fsp3) is 0.441. The molecule has 1 saturated heterocycles. The van der Waals surface area contributed by atoms with E-state index in [9.17, 15) is 18.8 Å². The molecule has 0 aliphatic carbocycles. The van der Waals surface area contributed by atoms with E-state index in [1.165, 1.54) is 24.9 Å². The van der Waals surface area contributed by atoms with Crippen LogP contribution in [0.2, 0.25) is 0 Å². The lowest BCUT2D eigenvalue weighted by atomic mass is 9.87. The molecule has 238 valence electrons. The zero-order valence-corrected chi connectivity index (χ0v) is 26.2. The Morgan fingerprint density at radius 2 is 1.91 bits per heavy atom. The fourth-order valence-electron chi connectivity index (χ4n) is 6.85. The Kier molecular flexibility index (Phi) is 9.28. The predicted molar refractivity (Wildman–Crippen MR) is 167 cm³/mol. The van der Waals surface area contributed by atoms with Gasteiger partial charge in [0.15, 0.2) is 23.1 Å². The molecule has 1 aromatic heterocycles. The molecule has 11 heteroatoms. The number of unbranched alkanes of at least 4 members (excludes halogenated alkanes) is 1. The lowest BCUT2D eigenvalue weighted by Crippen LogP contribution is -2.64.